The lowest BCUT2D eigenvalue weighted by atomic mass is 10.3. The lowest BCUT2D eigenvalue weighted by Crippen LogP contribution is -2.39. The molecule has 1 aliphatic rings. The summed E-state index contributed by atoms with van der Waals surface area (Å²) in [4.78, 5) is 25.4. The van der Waals surface area contributed by atoms with Crippen LogP contribution in [0.1, 0.15) is 22.5 Å². The van der Waals surface area contributed by atoms with Gasteiger partial charge in [0.15, 0.2) is 0 Å². The molecular formula is C11H15N3O2S. The van der Waals surface area contributed by atoms with Crippen molar-refractivity contribution < 1.29 is 9.59 Å². The zero-order chi connectivity index (χ0) is 12.4. The molecule has 1 fully saturated rings. The second-order valence-electron chi connectivity index (χ2n) is 4.21. The molecule has 0 spiro atoms. The molecule has 6 heteroatoms. The molecule has 2 rings (SSSR count). The van der Waals surface area contributed by atoms with Gasteiger partial charge in [-0.25, -0.2) is 0 Å². The van der Waals surface area contributed by atoms with Crippen molar-refractivity contribution in [1.29, 1.82) is 0 Å². The number of nitrogens with two attached hydrogens (primary N) is 1. The van der Waals surface area contributed by atoms with E-state index < -0.39 is 0 Å². The van der Waals surface area contributed by atoms with Crippen LogP contribution in [0.2, 0.25) is 0 Å². The number of nitrogens with zero attached hydrogens (tertiary/aromatic N) is 1. The van der Waals surface area contributed by atoms with E-state index in [0.717, 1.165) is 12.8 Å². The van der Waals surface area contributed by atoms with Crippen LogP contribution in [0.5, 0.6) is 0 Å². The van der Waals surface area contributed by atoms with Crippen LogP contribution >= 0.6 is 11.3 Å². The predicted octanol–water partition coefficient (Wildman–Crippen LogP) is 0.681. The number of thiophene rings is 1. The predicted molar refractivity (Wildman–Crippen MR) is 66.9 cm³/mol. The summed E-state index contributed by atoms with van der Waals surface area (Å²) in [7, 11) is 1.61. The maximum atomic E-state index is 11.9. The van der Waals surface area contributed by atoms with Crippen LogP contribution in [0.4, 0.5) is 5.69 Å². The smallest absolute Gasteiger partial charge is 0.266 e. The first-order chi connectivity index (χ1) is 8.08. The first kappa shape index (κ1) is 11.9. The summed E-state index contributed by atoms with van der Waals surface area (Å²) in [6.07, 6.45) is 2.09. The molecule has 1 heterocycles. The number of nitrogens with one attached hydrogen (secondary N) is 1. The van der Waals surface area contributed by atoms with E-state index in [4.69, 9.17) is 5.73 Å². The summed E-state index contributed by atoms with van der Waals surface area (Å²) < 4.78 is 0. The van der Waals surface area contributed by atoms with E-state index >= 15 is 0 Å². The van der Waals surface area contributed by atoms with Crippen LogP contribution in [-0.4, -0.2) is 36.3 Å². The maximum absolute atomic E-state index is 11.9. The summed E-state index contributed by atoms with van der Waals surface area (Å²) in [5.41, 5.74) is 6.13. The van der Waals surface area contributed by atoms with E-state index in [2.05, 4.69) is 5.32 Å². The van der Waals surface area contributed by atoms with Gasteiger partial charge in [-0.2, -0.15) is 0 Å². The quantitative estimate of drug-likeness (QED) is 0.828. The fourth-order valence-electron chi connectivity index (χ4n) is 1.45. The molecule has 5 nitrogen and oxygen atoms in total. The summed E-state index contributed by atoms with van der Waals surface area (Å²) in [6.45, 7) is 0.0761. The van der Waals surface area contributed by atoms with Crippen LogP contribution in [0.25, 0.3) is 0 Å². The molecule has 3 N–H and O–H groups in total. The third-order valence-corrected chi connectivity index (χ3v) is 3.48. The molecule has 0 atom stereocenters. The SMILES string of the molecule is CN(CC(=O)NC1CC1)C(=O)c1sccc1N. The van der Waals surface area contributed by atoms with Crippen molar-refractivity contribution in [3.05, 3.63) is 16.3 Å². The first-order valence-corrected chi connectivity index (χ1v) is 6.33. The fraction of sp³-hybridized carbons (Fsp3) is 0.455. The van der Waals surface area contributed by atoms with Gasteiger partial charge in [0, 0.05) is 13.1 Å². The van der Waals surface area contributed by atoms with Crippen molar-refractivity contribution >= 4 is 28.8 Å². The third-order valence-electron chi connectivity index (χ3n) is 2.56. The number of rotatable bonds is 4. The minimum atomic E-state index is -0.205. The van der Waals surface area contributed by atoms with E-state index in [9.17, 15) is 9.59 Å². The van der Waals surface area contributed by atoms with E-state index in [1.54, 1.807) is 18.5 Å². The van der Waals surface area contributed by atoms with Gasteiger partial charge in [0.05, 0.1) is 12.2 Å². The molecular weight excluding hydrogens is 238 g/mol. The Morgan fingerprint density at radius 1 is 1.59 bits per heavy atom. The van der Waals surface area contributed by atoms with Crippen molar-refractivity contribution in [3.8, 4) is 0 Å². The fourth-order valence-corrected chi connectivity index (χ4v) is 2.27. The molecule has 92 valence electrons. The van der Waals surface area contributed by atoms with Gasteiger partial charge < -0.3 is 16.0 Å². The van der Waals surface area contributed by atoms with Gasteiger partial charge >= 0.3 is 0 Å². The highest BCUT2D eigenvalue weighted by Crippen LogP contribution is 2.21. The number of nitrogen functional groups attached to an aromatic ring is 1. The Kier molecular flexibility index (Phi) is 3.33. The average Bonchev–Trinajstić information content (AvgIpc) is 2.97. The molecule has 17 heavy (non-hydrogen) atoms. The lowest BCUT2D eigenvalue weighted by Gasteiger charge is -2.16. The number of hydrogen-bond donors (Lipinski definition) is 2. The molecule has 0 unspecified atom stereocenters. The second kappa shape index (κ2) is 4.75. The van der Waals surface area contributed by atoms with E-state index in [1.165, 1.54) is 16.2 Å². The van der Waals surface area contributed by atoms with Gasteiger partial charge in [-0.05, 0) is 24.3 Å². The highest BCUT2D eigenvalue weighted by atomic mass is 32.1. The lowest BCUT2D eigenvalue weighted by molar-refractivity contribution is -0.121. The zero-order valence-corrected chi connectivity index (χ0v) is 10.4. The monoisotopic (exact) mass is 253 g/mol. The molecule has 0 saturated heterocycles. The van der Waals surface area contributed by atoms with E-state index in [-0.39, 0.29) is 18.4 Å². The molecule has 1 aromatic heterocycles. The molecule has 0 bridgehead atoms. The molecule has 0 aliphatic heterocycles. The molecule has 1 aliphatic carbocycles. The number of amides is 2. The van der Waals surface area contributed by atoms with Gasteiger partial charge in [-0.3, -0.25) is 9.59 Å². The van der Waals surface area contributed by atoms with Crippen LogP contribution in [0.3, 0.4) is 0 Å². The Morgan fingerprint density at radius 3 is 2.82 bits per heavy atom. The number of hydrogen-bond acceptors (Lipinski definition) is 4. The number of anilines is 1. The van der Waals surface area contributed by atoms with Crippen molar-refractivity contribution in [2.24, 2.45) is 0 Å². The largest absolute Gasteiger partial charge is 0.397 e. The standard InChI is InChI=1S/C11H15N3O2S/c1-14(6-9(15)13-7-2-3-7)11(16)10-8(12)4-5-17-10/h4-5,7H,2-3,6,12H2,1H3,(H,13,15). The number of likely N-dealkylation sites (N-methyl/N-ethyl adjacent to an activating group) is 1. The van der Waals surface area contributed by atoms with Gasteiger partial charge in [0.2, 0.25) is 5.91 Å². The van der Waals surface area contributed by atoms with Crippen LogP contribution in [0, 0.1) is 0 Å². The van der Waals surface area contributed by atoms with E-state index in [1.807, 2.05) is 0 Å². The average molecular weight is 253 g/mol. The van der Waals surface area contributed by atoms with Gasteiger partial charge in [-0.1, -0.05) is 0 Å². The minimum absolute atomic E-state index is 0.0761. The molecule has 0 radical (unpaired) electrons. The van der Waals surface area contributed by atoms with Gasteiger partial charge in [-0.15, -0.1) is 11.3 Å². The third kappa shape index (κ3) is 2.97. The van der Waals surface area contributed by atoms with Crippen molar-refractivity contribution in [2.45, 2.75) is 18.9 Å². The first-order valence-electron chi connectivity index (χ1n) is 5.45. The van der Waals surface area contributed by atoms with Crippen molar-refractivity contribution in [3.63, 3.8) is 0 Å². The van der Waals surface area contributed by atoms with Crippen molar-refractivity contribution in [1.82, 2.24) is 10.2 Å². The normalized spacial score (nSPS) is 14.4. The summed E-state index contributed by atoms with van der Waals surface area (Å²) in [5.74, 6) is -0.318. The number of carbonyl (C=O) groups is 2. The maximum Gasteiger partial charge on any atom is 0.266 e. The Morgan fingerprint density at radius 2 is 2.29 bits per heavy atom. The second-order valence-corrected chi connectivity index (χ2v) is 5.12. The van der Waals surface area contributed by atoms with Crippen molar-refractivity contribution in [2.75, 3.05) is 19.3 Å². The van der Waals surface area contributed by atoms with Gasteiger partial charge in [0.25, 0.3) is 5.91 Å². The number of carbonyl (C=O) groups excluding carboxylic acids is 2. The molecule has 2 amide bonds. The highest BCUT2D eigenvalue weighted by molar-refractivity contribution is 7.12. The zero-order valence-electron chi connectivity index (χ0n) is 9.60. The van der Waals surface area contributed by atoms with E-state index in [0.29, 0.717) is 16.6 Å². The Bertz CT molecular complexity index is 440. The molecule has 1 aromatic rings. The van der Waals surface area contributed by atoms with Crippen LogP contribution in [-0.2, 0) is 4.79 Å². The molecule has 1 saturated carbocycles. The minimum Gasteiger partial charge on any atom is -0.397 e. The van der Waals surface area contributed by atoms with Crippen LogP contribution < -0.4 is 11.1 Å². The Labute approximate surface area is 104 Å². The summed E-state index contributed by atoms with van der Waals surface area (Å²) in [5, 5.41) is 4.60. The Balaban J connectivity index is 1.90. The molecule has 0 aromatic carbocycles. The summed E-state index contributed by atoms with van der Waals surface area (Å²) in [6, 6.07) is 2.01. The summed E-state index contributed by atoms with van der Waals surface area (Å²) >= 11 is 1.29. The highest BCUT2D eigenvalue weighted by Gasteiger charge is 2.25. The Hall–Kier alpha value is -1.56. The topological polar surface area (TPSA) is 75.4 Å². The van der Waals surface area contributed by atoms with Crippen LogP contribution in [0.15, 0.2) is 11.4 Å². The van der Waals surface area contributed by atoms with Gasteiger partial charge in [0.1, 0.15) is 4.88 Å².